The maximum Gasteiger partial charge on any atom is 0.122 e. The van der Waals surface area contributed by atoms with Crippen LogP contribution >= 0.6 is 11.8 Å². The number of thioether (sulfide) groups is 1. The molecule has 1 aromatic rings. The van der Waals surface area contributed by atoms with Gasteiger partial charge >= 0.3 is 0 Å². The first-order chi connectivity index (χ1) is 7.31. The third-order valence-corrected chi connectivity index (χ3v) is 3.42. The van der Waals surface area contributed by atoms with Crippen LogP contribution in [0.25, 0.3) is 0 Å². The maximum absolute atomic E-state index is 6.12. The van der Waals surface area contributed by atoms with Gasteiger partial charge in [0, 0.05) is 12.5 Å². The van der Waals surface area contributed by atoms with E-state index in [1.54, 1.807) is 0 Å². The number of benzene rings is 1. The first kappa shape index (κ1) is 10.8. The van der Waals surface area contributed by atoms with Crippen molar-refractivity contribution in [1.82, 2.24) is 0 Å². The van der Waals surface area contributed by atoms with Gasteiger partial charge in [0.05, 0.1) is 6.61 Å². The zero-order valence-corrected chi connectivity index (χ0v) is 9.85. The topological polar surface area (TPSA) is 35.2 Å². The lowest BCUT2D eigenvalue weighted by Gasteiger charge is -2.12. The molecular formula is C12H17NOS. The fraction of sp³-hybridized carbons (Fsp3) is 0.500. The smallest absolute Gasteiger partial charge is 0.122 e. The molecule has 2 nitrogen and oxygen atoms in total. The molecule has 1 aliphatic rings. The molecule has 2 N–H and O–H groups in total. The van der Waals surface area contributed by atoms with E-state index in [4.69, 9.17) is 10.5 Å². The van der Waals surface area contributed by atoms with Crippen LogP contribution in [-0.4, -0.2) is 18.6 Å². The Bertz CT molecular complexity index is 340. The van der Waals surface area contributed by atoms with Crippen molar-refractivity contribution >= 4 is 11.8 Å². The molecular weight excluding hydrogens is 206 g/mol. The van der Waals surface area contributed by atoms with E-state index < -0.39 is 0 Å². The van der Waals surface area contributed by atoms with Gasteiger partial charge in [-0.05, 0) is 35.6 Å². The fourth-order valence-electron chi connectivity index (χ4n) is 1.85. The normalized spacial score (nSPS) is 15.9. The predicted octanol–water partition coefficient (Wildman–Crippen LogP) is 2.37. The van der Waals surface area contributed by atoms with Gasteiger partial charge in [0.15, 0.2) is 0 Å². The third kappa shape index (κ3) is 2.47. The van der Waals surface area contributed by atoms with Crippen LogP contribution in [0.4, 0.5) is 0 Å². The van der Waals surface area contributed by atoms with Gasteiger partial charge < -0.3 is 10.5 Å². The van der Waals surface area contributed by atoms with E-state index in [1.807, 2.05) is 11.8 Å². The second-order valence-corrected chi connectivity index (χ2v) is 4.84. The summed E-state index contributed by atoms with van der Waals surface area (Å²) in [6.07, 6.45) is 4.18. The minimum atomic E-state index is 0.170. The summed E-state index contributed by atoms with van der Waals surface area (Å²) in [6, 6.07) is 6.52. The molecule has 0 spiro atoms. The molecule has 0 radical (unpaired) electrons. The van der Waals surface area contributed by atoms with E-state index in [9.17, 15) is 0 Å². The molecule has 3 heteroatoms. The number of nitrogens with two attached hydrogens (primary N) is 1. The molecule has 1 aliphatic heterocycles. The molecule has 0 saturated heterocycles. The summed E-state index contributed by atoms with van der Waals surface area (Å²) in [5, 5.41) is 0. The Kier molecular flexibility index (Phi) is 3.54. The lowest BCUT2D eigenvalue weighted by molar-refractivity contribution is 0.357. The first-order valence-corrected chi connectivity index (χ1v) is 6.71. The van der Waals surface area contributed by atoms with Gasteiger partial charge in [0.1, 0.15) is 5.75 Å². The molecule has 0 aliphatic carbocycles. The monoisotopic (exact) mass is 223 g/mol. The number of rotatable bonds is 4. The van der Waals surface area contributed by atoms with Crippen LogP contribution < -0.4 is 10.5 Å². The lowest BCUT2D eigenvalue weighted by Crippen LogP contribution is -2.11. The quantitative estimate of drug-likeness (QED) is 0.851. The average molecular weight is 223 g/mol. The summed E-state index contributed by atoms with van der Waals surface area (Å²) in [4.78, 5) is 0. The number of ether oxygens (including phenoxy) is 1. The van der Waals surface area contributed by atoms with Crippen molar-refractivity contribution in [3.8, 4) is 5.75 Å². The van der Waals surface area contributed by atoms with Gasteiger partial charge in [-0.15, -0.1) is 0 Å². The van der Waals surface area contributed by atoms with Gasteiger partial charge in [0.25, 0.3) is 0 Å². The average Bonchev–Trinajstić information content (AvgIpc) is 2.72. The van der Waals surface area contributed by atoms with E-state index in [2.05, 4.69) is 24.5 Å². The van der Waals surface area contributed by atoms with Crippen molar-refractivity contribution in [3.63, 3.8) is 0 Å². The molecule has 2 rings (SSSR count). The Morgan fingerprint density at radius 2 is 2.40 bits per heavy atom. The second kappa shape index (κ2) is 4.90. The number of hydrogen-bond acceptors (Lipinski definition) is 3. The highest BCUT2D eigenvalue weighted by Gasteiger charge is 2.14. The highest BCUT2D eigenvalue weighted by atomic mass is 32.2. The zero-order valence-electron chi connectivity index (χ0n) is 9.03. The van der Waals surface area contributed by atoms with E-state index in [0.29, 0.717) is 0 Å². The minimum absolute atomic E-state index is 0.170. The van der Waals surface area contributed by atoms with Crippen molar-refractivity contribution in [2.75, 3.05) is 18.6 Å². The summed E-state index contributed by atoms with van der Waals surface area (Å²) in [7, 11) is 0. The summed E-state index contributed by atoms with van der Waals surface area (Å²) in [5.41, 5.74) is 8.68. The predicted molar refractivity (Wildman–Crippen MR) is 65.6 cm³/mol. The Hall–Kier alpha value is -0.670. The second-order valence-electron chi connectivity index (χ2n) is 3.85. The van der Waals surface area contributed by atoms with Crippen LogP contribution in [0, 0.1) is 0 Å². The molecule has 0 fully saturated rings. The SMILES string of the molecule is CSCCC(N)c1ccc2c(c1)CCO2. The molecule has 0 amide bonds. The van der Waals surface area contributed by atoms with Crippen molar-refractivity contribution in [2.45, 2.75) is 18.9 Å². The van der Waals surface area contributed by atoms with Crippen LogP contribution in [0.15, 0.2) is 18.2 Å². The van der Waals surface area contributed by atoms with E-state index >= 15 is 0 Å². The molecule has 1 aromatic carbocycles. The lowest BCUT2D eigenvalue weighted by atomic mass is 10.0. The van der Waals surface area contributed by atoms with E-state index in [1.165, 1.54) is 11.1 Å². The molecule has 1 atom stereocenters. The molecule has 0 aromatic heterocycles. The summed E-state index contributed by atoms with van der Waals surface area (Å²) >= 11 is 1.85. The van der Waals surface area contributed by atoms with E-state index in [-0.39, 0.29) is 6.04 Å². The van der Waals surface area contributed by atoms with Crippen LogP contribution in [0.2, 0.25) is 0 Å². The summed E-state index contributed by atoms with van der Waals surface area (Å²) in [5.74, 6) is 2.16. The molecule has 15 heavy (non-hydrogen) atoms. The Morgan fingerprint density at radius 3 is 3.20 bits per heavy atom. The van der Waals surface area contributed by atoms with Crippen LogP contribution in [-0.2, 0) is 6.42 Å². The summed E-state index contributed by atoms with van der Waals surface area (Å²) < 4.78 is 5.47. The van der Waals surface area contributed by atoms with Crippen molar-refractivity contribution in [2.24, 2.45) is 5.73 Å². The third-order valence-electron chi connectivity index (χ3n) is 2.77. The molecule has 1 unspecified atom stereocenters. The van der Waals surface area contributed by atoms with Crippen molar-refractivity contribution in [1.29, 1.82) is 0 Å². The molecule has 0 bridgehead atoms. The number of hydrogen-bond donors (Lipinski definition) is 1. The Morgan fingerprint density at radius 1 is 1.53 bits per heavy atom. The first-order valence-electron chi connectivity index (χ1n) is 5.31. The zero-order chi connectivity index (χ0) is 10.7. The van der Waals surface area contributed by atoms with Gasteiger partial charge in [-0.25, -0.2) is 0 Å². The Labute approximate surface area is 95.2 Å². The molecule has 1 heterocycles. The molecule has 0 saturated carbocycles. The Balaban J connectivity index is 2.08. The maximum atomic E-state index is 6.12. The van der Waals surface area contributed by atoms with Crippen LogP contribution in [0.1, 0.15) is 23.6 Å². The van der Waals surface area contributed by atoms with Gasteiger partial charge in [-0.2, -0.15) is 11.8 Å². The van der Waals surface area contributed by atoms with Crippen molar-refractivity contribution < 1.29 is 4.74 Å². The van der Waals surface area contributed by atoms with Gasteiger partial charge in [-0.3, -0.25) is 0 Å². The largest absolute Gasteiger partial charge is 0.493 e. The highest BCUT2D eigenvalue weighted by molar-refractivity contribution is 7.98. The van der Waals surface area contributed by atoms with Gasteiger partial charge in [0.2, 0.25) is 0 Å². The summed E-state index contributed by atoms with van der Waals surface area (Å²) in [6.45, 7) is 0.818. The molecule has 82 valence electrons. The van der Waals surface area contributed by atoms with Crippen LogP contribution in [0.3, 0.4) is 0 Å². The fourth-order valence-corrected chi connectivity index (χ4v) is 2.34. The van der Waals surface area contributed by atoms with Gasteiger partial charge in [-0.1, -0.05) is 12.1 Å². The minimum Gasteiger partial charge on any atom is -0.493 e. The highest BCUT2D eigenvalue weighted by Crippen LogP contribution is 2.28. The van der Waals surface area contributed by atoms with E-state index in [0.717, 1.165) is 31.0 Å². The standard InChI is InChI=1S/C12H17NOS/c1-15-7-5-11(13)9-2-3-12-10(8-9)4-6-14-12/h2-3,8,11H,4-7,13H2,1H3. The van der Waals surface area contributed by atoms with Crippen molar-refractivity contribution in [3.05, 3.63) is 29.3 Å². The number of fused-ring (bicyclic) bond motifs is 1. The van der Waals surface area contributed by atoms with Crippen LogP contribution in [0.5, 0.6) is 5.75 Å².